The number of ether oxygens (including phenoxy) is 1. The molecular weight excluding hydrogens is 508 g/mol. The molecule has 4 nitrogen and oxygen atoms in total. The molecule has 3 atom stereocenters. The maximum atomic E-state index is 14.1. The first-order valence-corrected chi connectivity index (χ1v) is 13.3. The Labute approximate surface area is 225 Å². The van der Waals surface area contributed by atoms with Crippen LogP contribution in [0, 0.1) is 11.7 Å². The van der Waals surface area contributed by atoms with Crippen molar-refractivity contribution in [3.8, 4) is 5.69 Å². The minimum Gasteiger partial charge on any atom is -0.395 e. The number of rotatable bonds is 8. The lowest BCUT2D eigenvalue weighted by Crippen LogP contribution is -2.41. The van der Waals surface area contributed by atoms with Crippen molar-refractivity contribution in [2.45, 2.75) is 63.3 Å². The van der Waals surface area contributed by atoms with E-state index in [-0.39, 0.29) is 37.8 Å². The molecule has 0 aliphatic heterocycles. The van der Waals surface area contributed by atoms with Crippen LogP contribution in [0.5, 0.6) is 0 Å². The number of fused-ring (bicyclic) bond motifs is 2. The van der Waals surface area contributed by atoms with Crippen molar-refractivity contribution in [2.24, 2.45) is 5.92 Å². The van der Waals surface area contributed by atoms with E-state index in [0.29, 0.717) is 11.3 Å². The third-order valence-corrected chi connectivity index (χ3v) is 8.22. The first-order chi connectivity index (χ1) is 18.7. The molecule has 206 valence electrons. The van der Waals surface area contributed by atoms with Gasteiger partial charge in [-0.05, 0) is 91.1 Å². The largest absolute Gasteiger partial charge is 0.414 e. The summed E-state index contributed by atoms with van der Waals surface area (Å²) in [5.74, 6) is -0.368. The molecule has 1 aliphatic carbocycles. The fourth-order valence-corrected chi connectivity index (χ4v) is 5.92. The van der Waals surface area contributed by atoms with Gasteiger partial charge in [-0.3, -0.25) is 0 Å². The van der Waals surface area contributed by atoms with E-state index < -0.39 is 17.7 Å². The van der Waals surface area contributed by atoms with Crippen molar-refractivity contribution < 1.29 is 27.4 Å². The van der Waals surface area contributed by atoms with Crippen molar-refractivity contribution in [3.63, 3.8) is 0 Å². The van der Waals surface area contributed by atoms with Gasteiger partial charge in [-0.25, -0.2) is 9.07 Å². The van der Waals surface area contributed by atoms with Gasteiger partial charge in [0.05, 0.1) is 30.6 Å². The zero-order chi connectivity index (χ0) is 27.6. The van der Waals surface area contributed by atoms with Gasteiger partial charge in [0, 0.05) is 10.8 Å². The summed E-state index contributed by atoms with van der Waals surface area (Å²) in [5, 5.41) is 16.1. The fourth-order valence-electron chi connectivity index (χ4n) is 5.92. The van der Waals surface area contributed by atoms with Crippen LogP contribution in [-0.2, 0) is 23.2 Å². The molecule has 0 saturated heterocycles. The summed E-state index contributed by atoms with van der Waals surface area (Å²) in [6.07, 6.45) is -2.48. The summed E-state index contributed by atoms with van der Waals surface area (Å²) in [5.41, 5.74) is 3.25. The van der Waals surface area contributed by atoms with E-state index in [1.807, 2.05) is 19.1 Å². The summed E-state index contributed by atoms with van der Waals surface area (Å²) >= 11 is 0. The number of aliphatic hydroxyl groups is 1. The van der Waals surface area contributed by atoms with Gasteiger partial charge in [0.1, 0.15) is 5.82 Å². The van der Waals surface area contributed by atoms with Crippen LogP contribution in [0.15, 0.2) is 72.9 Å². The van der Waals surface area contributed by atoms with Crippen molar-refractivity contribution in [1.82, 2.24) is 9.78 Å². The van der Waals surface area contributed by atoms with Crippen LogP contribution in [0.2, 0.25) is 0 Å². The minimum atomic E-state index is -4.53. The number of hydrogen-bond donors (Lipinski definition) is 1. The molecule has 0 fully saturated rings. The lowest BCUT2D eigenvalue weighted by Gasteiger charge is -2.39. The summed E-state index contributed by atoms with van der Waals surface area (Å²) in [6, 6.07) is 18.9. The molecule has 0 radical (unpaired) electrons. The zero-order valence-electron chi connectivity index (χ0n) is 21.8. The van der Waals surface area contributed by atoms with Gasteiger partial charge in [0.15, 0.2) is 6.10 Å². The van der Waals surface area contributed by atoms with Crippen LogP contribution in [0.1, 0.15) is 49.3 Å². The van der Waals surface area contributed by atoms with E-state index >= 15 is 0 Å². The second kappa shape index (κ2) is 11.1. The number of alkyl halides is 3. The average molecular weight is 541 g/mol. The Bertz CT molecular complexity index is 1400. The highest BCUT2D eigenvalue weighted by Gasteiger charge is 2.45. The Morgan fingerprint density at radius 3 is 2.54 bits per heavy atom. The number of hydrogen-bond acceptors (Lipinski definition) is 3. The molecule has 1 aromatic heterocycles. The van der Waals surface area contributed by atoms with Crippen LogP contribution in [0.3, 0.4) is 0 Å². The first kappa shape index (κ1) is 27.3. The van der Waals surface area contributed by atoms with E-state index in [9.17, 15) is 22.7 Å². The molecule has 0 spiro atoms. The predicted octanol–water partition coefficient (Wildman–Crippen LogP) is 7.30. The molecule has 1 heterocycles. The molecule has 0 amide bonds. The van der Waals surface area contributed by atoms with Crippen molar-refractivity contribution in [1.29, 1.82) is 0 Å². The number of benzene rings is 3. The van der Waals surface area contributed by atoms with Gasteiger partial charge in [-0.1, -0.05) is 37.3 Å². The van der Waals surface area contributed by atoms with E-state index in [1.54, 1.807) is 53.3 Å². The quantitative estimate of drug-likeness (QED) is 0.189. The SMILES string of the molecule is CC1CCCc2cc3c(cnn3-c3ccc(F)cc3)cc2C1(CO)CCC(OCc1ccccc1)C(F)(F)F. The topological polar surface area (TPSA) is 47.3 Å². The third-order valence-electron chi connectivity index (χ3n) is 8.22. The fraction of sp³-hybridized carbons (Fsp3) is 0.387. The molecule has 4 aromatic rings. The molecule has 39 heavy (non-hydrogen) atoms. The monoisotopic (exact) mass is 540 g/mol. The van der Waals surface area contributed by atoms with Crippen molar-refractivity contribution in [2.75, 3.05) is 6.61 Å². The Hall–Kier alpha value is -3.23. The second-order valence-electron chi connectivity index (χ2n) is 10.6. The molecule has 0 saturated carbocycles. The molecule has 1 N–H and O–H groups in total. The molecule has 8 heteroatoms. The van der Waals surface area contributed by atoms with Gasteiger partial charge in [-0.15, -0.1) is 0 Å². The second-order valence-corrected chi connectivity index (χ2v) is 10.6. The smallest absolute Gasteiger partial charge is 0.395 e. The number of aliphatic hydroxyl groups excluding tert-OH is 1. The van der Waals surface area contributed by atoms with Gasteiger partial charge in [-0.2, -0.15) is 18.3 Å². The third kappa shape index (κ3) is 5.58. The Morgan fingerprint density at radius 1 is 1.10 bits per heavy atom. The molecule has 5 rings (SSSR count). The molecule has 0 bridgehead atoms. The van der Waals surface area contributed by atoms with Crippen molar-refractivity contribution >= 4 is 10.9 Å². The zero-order valence-corrected chi connectivity index (χ0v) is 21.8. The van der Waals surface area contributed by atoms with Crippen LogP contribution in [-0.4, -0.2) is 33.8 Å². The Kier molecular flexibility index (Phi) is 7.78. The summed E-state index contributed by atoms with van der Waals surface area (Å²) in [6.45, 7) is 1.62. The van der Waals surface area contributed by atoms with Gasteiger partial charge in [0.25, 0.3) is 0 Å². The van der Waals surface area contributed by atoms with E-state index in [0.717, 1.165) is 41.3 Å². The lowest BCUT2D eigenvalue weighted by atomic mass is 9.67. The van der Waals surface area contributed by atoms with Gasteiger partial charge >= 0.3 is 6.18 Å². The van der Waals surface area contributed by atoms with Crippen LogP contribution >= 0.6 is 0 Å². The normalized spacial score (nSPS) is 20.5. The summed E-state index contributed by atoms with van der Waals surface area (Å²) in [7, 11) is 0. The lowest BCUT2D eigenvalue weighted by molar-refractivity contribution is -0.227. The maximum absolute atomic E-state index is 14.1. The van der Waals surface area contributed by atoms with Gasteiger partial charge < -0.3 is 9.84 Å². The molecule has 3 unspecified atom stereocenters. The highest BCUT2D eigenvalue weighted by molar-refractivity contribution is 5.82. The number of aryl methyl sites for hydroxylation is 1. The highest BCUT2D eigenvalue weighted by atomic mass is 19.4. The summed E-state index contributed by atoms with van der Waals surface area (Å²) in [4.78, 5) is 0. The van der Waals surface area contributed by atoms with E-state index in [1.165, 1.54) is 12.1 Å². The van der Waals surface area contributed by atoms with E-state index in [2.05, 4.69) is 5.10 Å². The first-order valence-electron chi connectivity index (χ1n) is 13.3. The van der Waals surface area contributed by atoms with E-state index in [4.69, 9.17) is 4.74 Å². The summed E-state index contributed by atoms with van der Waals surface area (Å²) < 4.78 is 62.8. The standard InChI is InChI=1S/C31H32F4N2O2/c1-21-6-5-9-23-17-28-24(18-36-37(28)26-12-10-25(32)11-13-26)16-27(23)30(21,20-38)15-14-29(31(33,34)35)39-19-22-7-3-2-4-8-22/h2-4,7-8,10-13,16-18,21,29,38H,5-6,9,14-15,19-20H2,1H3. The number of halogens is 4. The van der Waals surface area contributed by atoms with Crippen LogP contribution < -0.4 is 0 Å². The van der Waals surface area contributed by atoms with Gasteiger partial charge in [0.2, 0.25) is 0 Å². The Balaban J connectivity index is 1.48. The Morgan fingerprint density at radius 2 is 1.85 bits per heavy atom. The maximum Gasteiger partial charge on any atom is 0.414 e. The molecule has 3 aromatic carbocycles. The number of aromatic nitrogens is 2. The van der Waals surface area contributed by atoms with Crippen LogP contribution in [0.4, 0.5) is 17.6 Å². The van der Waals surface area contributed by atoms with Crippen molar-refractivity contribution in [3.05, 3.63) is 95.4 Å². The molecule has 1 aliphatic rings. The van der Waals surface area contributed by atoms with Crippen LogP contribution in [0.25, 0.3) is 16.6 Å². The predicted molar refractivity (Wildman–Crippen MR) is 142 cm³/mol. The molecular formula is C31H32F4N2O2. The minimum absolute atomic E-state index is 0.0312. The highest BCUT2D eigenvalue weighted by Crippen LogP contribution is 2.46. The average Bonchev–Trinajstić information content (AvgIpc) is 3.28. The number of nitrogens with zero attached hydrogens (tertiary/aromatic N) is 2.